The molecule has 0 amide bonds. The number of fused-ring (bicyclic) bond motifs is 4. The maximum absolute atomic E-state index is 13.0. The van der Waals surface area contributed by atoms with Crippen molar-refractivity contribution in [1.82, 2.24) is 24.5 Å². The zero-order valence-electron chi connectivity index (χ0n) is 37.8. The van der Waals surface area contributed by atoms with E-state index in [0.29, 0.717) is 17.5 Å². The molecule has 0 atom stereocenters. The van der Waals surface area contributed by atoms with Crippen LogP contribution in [0.4, 0.5) is 4.39 Å². The first-order chi connectivity index (χ1) is 29.6. The summed E-state index contributed by atoms with van der Waals surface area (Å²) in [5.74, 6) is 8.83. The fraction of sp³-hybridized carbons (Fsp3) is 0.259. The molecule has 9 rings (SSSR count). The van der Waals surface area contributed by atoms with E-state index in [1.165, 1.54) is 33.2 Å². The maximum Gasteiger partial charge on any atom is 0.216 e. The van der Waals surface area contributed by atoms with Crippen LogP contribution in [0.1, 0.15) is 55.8 Å². The van der Waals surface area contributed by atoms with Crippen molar-refractivity contribution in [3.8, 4) is 39.5 Å². The molecule has 0 aliphatic carbocycles. The summed E-state index contributed by atoms with van der Waals surface area (Å²) in [6.45, 7) is 15.2. The van der Waals surface area contributed by atoms with E-state index >= 15 is 0 Å². The summed E-state index contributed by atoms with van der Waals surface area (Å²) in [5, 5.41) is 2.01. The molecule has 63 heavy (non-hydrogen) atoms. The molecule has 0 aliphatic heterocycles. The van der Waals surface area contributed by atoms with Crippen molar-refractivity contribution in [1.29, 1.82) is 0 Å². The first-order valence-electron chi connectivity index (χ1n) is 21.6. The molecule has 0 N–H and O–H groups in total. The third-order valence-electron chi connectivity index (χ3n) is 11.2. The molecule has 323 valence electrons. The minimum Gasteiger partial charge on any atom is -0.486 e. The van der Waals surface area contributed by atoms with E-state index < -0.39 is 13.3 Å². The Morgan fingerprint density at radius 1 is 0.746 bits per heavy atom. The largest absolute Gasteiger partial charge is 0.486 e. The van der Waals surface area contributed by atoms with E-state index in [4.69, 9.17) is 14.4 Å². The van der Waals surface area contributed by atoms with Crippen LogP contribution >= 0.6 is 0 Å². The second-order valence-electron chi connectivity index (χ2n) is 18.4. The Morgan fingerprint density at radius 3 is 2.14 bits per heavy atom. The molecule has 0 unspecified atom stereocenters. The van der Waals surface area contributed by atoms with Crippen LogP contribution in [0.3, 0.4) is 0 Å². The van der Waals surface area contributed by atoms with Crippen molar-refractivity contribution in [3.63, 3.8) is 0 Å². The van der Waals surface area contributed by atoms with Crippen LogP contribution in [0, 0.1) is 50.6 Å². The van der Waals surface area contributed by atoms with Crippen molar-refractivity contribution >= 4 is 50.8 Å². The standard InChI is InChI=1S/C36H31N4O.C18H23FGeN.Ir/c1-21(2)16-27-14-15-29-28-12-9-13-30(34(28)41-36(29)38-27)35-39-31-19-24(5)37-20-32(31)40(35)33-22(3)17-26(18-23(33)4)25-10-7-6-8-11-25;1-13(2)10-15-11-18(14-6-8-16(19)9-7-14)21-12-17(15)20(3,4)5;/h6-12,14-15,17-21H,16H2,1-5H3;6,8-9,11-13H,10H2,1-5H3;/q2*-1;. The number of hydrogen-bond donors (Lipinski definition) is 0. The van der Waals surface area contributed by atoms with E-state index in [1.54, 1.807) is 6.07 Å². The number of aryl methyl sites for hydroxylation is 3. The Hall–Kier alpha value is -5.28. The number of rotatable bonds is 9. The zero-order chi connectivity index (χ0) is 43.9. The Bertz CT molecular complexity index is 3030. The van der Waals surface area contributed by atoms with Crippen LogP contribution in [0.15, 0.2) is 114 Å². The predicted octanol–water partition coefficient (Wildman–Crippen LogP) is 13.4. The first kappa shape index (κ1) is 45.7. The van der Waals surface area contributed by atoms with Gasteiger partial charge in [0.15, 0.2) is 0 Å². The molecular formula is C54H54FGeIrN5O-2. The number of hydrogen-bond acceptors (Lipinski definition) is 5. The summed E-state index contributed by atoms with van der Waals surface area (Å²) in [4.78, 5) is 19.3. The van der Waals surface area contributed by atoms with Crippen molar-refractivity contribution in [2.24, 2.45) is 11.8 Å². The van der Waals surface area contributed by atoms with Gasteiger partial charge in [-0.25, -0.2) is 4.98 Å². The second-order valence-corrected chi connectivity index (χ2v) is 28.9. The van der Waals surface area contributed by atoms with Gasteiger partial charge >= 0.3 is 130 Å². The molecule has 0 aliphatic rings. The SMILES string of the molecule is CC(C)Cc1cc(-c2[c-]cc(F)cc2)nc[c]1[Ge]([CH3])([CH3])[CH3].Cc1cc2nc(-c3[c-]ccc4c3oc3nc(CC(C)C)ccc34)n(-c3c(C)cc(-c4ccccc4)cc3C)c2cn1.[Ir]. The van der Waals surface area contributed by atoms with Gasteiger partial charge in [-0.2, -0.15) is 0 Å². The molecule has 0 bridgehead atoms. The van der Waals surface area contributed by atoms with E-state index in [2.05, 4.69) is 146 Å². The average molecular weight is 1070 g/mol. The molecule has 5 aromatic heterocycles. The topological polar surface area (TPSA) is 69.6 Å². The van der Waals surface area contributed by atoms with Crippen LogP contribution in [0.2, 0.25) is 17.3 Å². The third-order valence-corrected chi connectivity index (χ3v) is 15.5. The number of furan rings is 1. The Labute approximate surface area is 387 Å². The van der Waals surface area contributed by atoms with Crippen molar-refractivity contribution in [3.05, 3.63) is 155 Å². The van der Waals surface area contributed by atoms with E-state index in [1.807, 2.05) is 37.5 Å². The van der Waals surface area contributed by atoms with E-state index in [0.717, 1.165) is 91.1 Å². The van der Waals surface area contributed by atoms with Gasteiger partial charge in [-0.1, -0.05) is 55.1 Å². The monoisotopic (exact) mass is 1070 g/mol. The smallest absolute Gasteiger partial charge is 0.216 e. The summed E-state index contributed by atoms with van der Waals surface area (Å²) in [6.07, 6.45) is 5.94. The van der Waals surface area contributed by atoms with Gasteiger partial charge in [0.25, 0.3) is 0 Å². The van der Waals surface area contributed by atoms with Crippen molar-refractivity contribution in [2.45, 2.75) is 78.6 Å². The quantitative estimate of drug-likeness (QED) is 0.106. The minimum absolute atomic E-state index is 0. The second kappa shape index (κ2) is 18.8. The van der Waals surface area contributed by atoms with Gasteiger partial charge in [0, 0.05) is 42.6 Å². The Morgan fingerprint density at radius 2 is 1.48 bits per heavy atom. The van der Waals surface area contributed by atoms with E-state index in [-0.39, 0.29) is 25.9 Å². The van der Waals surface area contributed by atoms with Crippen molar-refractivity contribution < 1.29 is 28.9 Å². The van der Waals surface area contributed by atoms with Crippen LogP contribution in [-0.2, 0) is 32.9 Å². The summed E-state index contributed by atoms with van der Waals surface area (Å²) >= 11 is -1.93. The number of benzene rings is 4. The van der Waals surface area contributed by atoms with Gasteiger partial charge < -0.3 is 8.98 Å². The number of pyridine rings is 3. The van der Waals surface area contributed by atoms with Crippen LogP contribution in [0.25, 0.3) is 72.6 Å². The summed E-state index contributed by atoms with van der Waals surface area (Å²) in [6, 6.07) is 38.5. The molecular weight excluding hydrogens is 1020 g/mol. The molecule has 9 heteroatoms. The zero-order valence-corrected chi connectivity index (χ0v) is 42.3. The summed E-state index contributed by atoms with van der Waals surface area (Å²) < 4.78 is 23.2. The van der Waals surface area contributed by atoms with E-state index in [9.17, 15) is 4.39 Å². The van der Waals surface area contributed by atoms with Crippen LogP contribution < -0.4 is 4.40 Å². The molecule has 0 fully saturated rings. The van der Waals surface area contributed by atoms with Crippen LogP contribution in [0.5, 0.6) is 0 Å². The third kappa shape index (κ3) is 9.79. The molecule has 6 nitrogen and oxygen atoms in total. The predicted molar refractivity (Wildman–Crippen MR) is 256 cm³/mol. The molecule has 0 saturated heterocycles. The number of nitrogens with zero attached hydrogens (tertiary/aromatic N) is 5. The first-order valence-corrected chi connectivity index (χ1v) is 28.9. The molecule has 1 radical (unpaired) electrons. The number of imidazole rings is 1. The Balaban J connectivity index is 0.000000229. The van der Waals surface area contributed by atoms with Gasteiger partial charge in [0.05, 0.1) is 28.6 Å². The van der Waals surface area contributed by atoms with Crippen LogP contribution in [-0.4, -0.2) is 37.8 Å². The fourth-order valence-corrected chi connectivity index (χ4v) is 11.8. The Kier molecular flexibility index (Phi) is 13.7. The molecule has 9 aromatic rings. The van der Waals surface area contributed by atoms with Crippen molar-refractivity contribution in [2.75, 3.05) is 0 Å². The maximum atomic E-state index is 13.0. The molecule has 4 aromatic carbocycles. The minimum atomic E-state index is -1.93. The van der Waals surface area contributed by atoms with Gasteiger partial charge in [0.2, 0.25) is 5.71 Å². The summed E-state index contributed by atoms with van der Waals surface area (Å²) in [5.41, 5.74) is 14.9. The average Bonchev–Trinajstić information content (AvgIpc) is 3.78. The summed E-state index contributed by atoms with van der Waals surface area (Å²) in [7, 11) is 0. The number of halogens is 1. The normalized spacial score (nSPS) is 11.7. The van der Waals surface area contributed by atoms with Gasteiger partial charge in [-0.15, -0.1) is 18.2 Å². The van der Waals surface area contributed by atoms with Gasteiger partial charge in [0.1, 0.15) is 0 Å². The fourth-order valence-electron chi connectivity index (χ4n) is 8.43. The molecule has 0 saturated carbocycles. The van der Waals surface area contributed by atoms with Gasteiger partial charge in [-0.3, -0.25) is 9.97 Å². The van der Waals surface area contributed by atoms with Gasteiger partial charge in [-0.05, 0) is 85.7 Å². The molecule has 0 spiro atoms. The molecule has 5 heterocycles. The number of aromatic nitrogens is 5.